The van der Waals surface area contributed by atoms with Crippen molar-refractivity contribution in [2.75, 3.05) is 0 Å². The van der Waals surface area contributed by atoms with Crippen molar-refractivity contribution in [3.8, 4) is 0 Å². The van der Waals surface area contributed by atoms with E-state index in [1.807, 2.05) is 0 Å². The Kier molecular flexibility index (Phi) is 3.13. The Balaban J connectivity index is 2.63. The van der Waals surface area contributed by atoms with Crippen LogP contribution in [-0.2, 0) is 4.74 Å². The van der Waals surface area contributed by atoms with Crippen LogP contribution in [0.3, 0.4) is 0 Å². The molecule has 5 atom stereocenters. The molecule has 0 saturated carbocycles. The molecule has 12 heavy (non-hydrogen) atoms. The third-order valence-electron chi connectivity index (χ3n) is 3.28. The van der Waals surface area contributed by atoms with Gasteiger partial charge in [-0.1, -0.05) is 20.8 Å². The monoisotopic (exact) mass is 172 g/mol. The van der Waals surface area contributed by atoms with E-state index in [1.54, 1.807) is 0 Å². The molecule has 0 amide bonds. The van der Waals surface area contributed by atoms with Crippen LogP contribution in [0.4, 0.5) is 0 Å². The minimum atomic E-state index is -0.277. The summed E-state index contributed by atoms with van der Waals surface area (Å²) in [4.78, 5) is 0. The molecule has 0 aliphatic carbocycles. The number of hydrogen-bond donors (Lipinski definition) is 1. The molecule has 0 aromatic heterocycles. The summed E-state index contributed by atoms with van der Waals surface area (Å²) in [6, 6.07) is 0. The van der Waals surface area contributed by atoms with Gasteiger partial charge < -0.3 is 9.84 Å². The Hall–Kier alpha value is -0.0800. The highest BCUT2D eigenvalue weighted by Gasteiger charge is 2.37. The molecule has 1 aliphatic heterocycles. The summed E-state index contributed by atoms with van der Waals surface area (Å²) in [5.41, 5.74) is 0. The van der Waals surface area contributed by atoms with Gasteiger partial charge in [0, 0.05) is 0 Å². The van der Waals surface area contributed by atoms with Crippen LogP contribution < -0.4 is 0 Å². The van der Waals surface area contributed by atoms with E-state index in [1.165, 1.54) is 0 Å². The first-order valence-corrected chi connectivity index (χ1v) is 4.91. The SMILES string of the molecule is CC[C@H]1O[C@H](C)[C@@H](C)[C@H](C)[C@H]1O. The van der Waals surface area contributed by atoms with Crippen molar-refractivity contribution in [1.29, 1.82) is 0 Å². The van der Waals surface area contributed by atoms with Crippen LogP contribution in [0.5, 0.6) is 0 Å². The lowest BCUT2D eigenvalue weighted by Crippen LogP contribution is -2.47. The van der Waals surface area contributed by atoms with E-state index in [0.717, 1.165) is 6.42 Å². The van der Waals surface area contributed by atoms with Crippen molar-refractivity contribution in [1.82, 2.24) is 0 Å². The lowest BCUT2D eigenvalue weighted by Gasteiger charge is -2.41. The van der Waals surface area contributed by atoms with Gasteiger partial charge in [-0.05, 0) is 25.2 Å². The highest BCUT2D eigenvalue weighted by atomic mass is 16.5. The molecular formula is C10H20O2. The Bertz CT molecular complexity index is 142. The third kappa shape index (κ3) is 1.64. The predicted octanol–water partition coefficient (Wildman–Crippen LogP) is 1.82. The van der Waals surface area contributed by atoms with E-state index in [9.17, 15) is 5.11 Å². The summed E-state index contributed by atoms with van der Waals surface area (Å²) in [5.74, 6) is 0.821. The van der Waals surface area contributed by atoms with Gasteiger partial charge in [-0.15, -0.1) is 0 Å². The number of rotatable bonds is 1. The largest absolute Gasteiger partial charge is 0.390 e. The van der Waals surface area contributed by atoms with E-state index < -0.39 is 0 Å². The molecule has 72 valence electrons. The van der Waals surface area contributed by atoms with Gasteiger partial charge in [0.25, 0.3) is 0 Å². The molecule has 0 aromatic carbocycles. The second-order valence-corrected chi connectivity index (χ2v) is 4.00. The summed E-state index contributed by atoms with van der Waals surface area (Å²) in [5, 5.41) is 9.80. The topological polar surface area (TPSA) is 29.5 Å². The molecule has 2 heteroatoms. The Morgan fingerprint density at radius 2 is 1.75 bits per heavy atom. The van der Waals surface area contributed by atoms with Crippen LogP contribution in [0.15, 0.2) is 0 Å². The van der Waals surface area contributed by atoms with Crippen molar-refractivity contribution >= 4 is 0 Å². The molecule has 1 fully saturated rings. The zero-order valence-electron chi connectivity index (χ0n) is 8.45. The average molecular weight is 172 g/mol. The molecule has 1 rings (SSSR count). The van der Waals surface area contributed by atoms with Gasteiger partial charge in [-0.3, -0.25) is 0 Å². The van der Waals surface area contributed by atoms with Crippen LogP contribution in [0.2, 0.25) is 0 Å². The van der Waals surface area contributed by atoms with Crippen molar-refractivity contribution < 1.29 is 9.84 Å². The van der Waals surface area contributed by atoms with Gasteiger partial charge >= 0.3 is 0 Å². The van der Waals surface area contributed by atoms with Crippen LogP contribution in [-0.4, -0.2) is 23.4 Å². The quantitative estimate of drug-likeness (QED) is 0.653. The molecule has 0 unspecified atom stereocenters. The Morgan fingerprint density at radius 3 is 2.25 bits per heavy atom. The van der Waals surface area contributed by atoms with E-state index >= 15 is 0 Å². The van der Waals surface area contributed by atoms with Gasteiger partial charge in [0.15, 0.2) is 0 Å². The van der Waals surface area contributed by atoms with Crippen LogP contribution in [0.1, 0.15) is 34.1 Å². The molecule has 1 aliphatic rings. The lowest BCUT2D eigenvalue weighted by atomic mass is 9.81. The zero-order chi connectivity index (χ0) is 9.30. The summed E-state index contributed by atoms with van der Waals surface area (Å²) in [7, 11) is 0. The predicted molar refractivity (Wildman–Crippen MR) is 49.0 cm³/mol. The molecule has 2 nitrogen and oxygen atoms in total. The number of ether oxygens (including phenoxy) is 1. The molecule has 1 N–H and O–H groups in total. The summed E-state index contributed by atoms with van der Waals surface area (Å²) < 4.78 is 5.68. The van der Waals surface area contributed by atoms with Crippen LogP contribution in [0, 0.1) is 11.8 Å². The fourth-order valence-electron chi connectivity index (χ4n) is 1.89. The Morgan fingerprint density at radius 1 is 1.17 bits per heavy atom. The second kappa shape index (κ2) is 3.75. The van der Waals surface area contributed by atoms with Gasteiger partial charge in [0.05, 0.1) is 18.3 Å². The highest BCUT2D eigenvalue weighted by Crippen LogP contribution is 2.31. The highest BCUT2D eigenvalue weighted by molar-refractivity contribution is 4.85. The van der Waals surface area contributed by atoms with E-state index in [4.69, 9.17) is 4.74 Å². The van der Waals surface area contributed by atoms with Crippen molar-refractivity contribution in [3.05, 3.63) is 0 Å². The van der Waals surface area contributed by atoms with Crippen LogP contribution in [0.25, 0.3) is 0 Å². The number of hydrogen-bond acceptors (Lipinski definition) is 2. The first kappa shape index (κ1) is 10.0. The second-order valence-electron chi connectivity index (χ2n) is 4.00. The minimum Gasteiger partial charge on any atom is -0.390 e. The minimum absolute atomic E-state index is 0.0474. The number of aliphatic hydroxyl groups excluding tert-OH is 1. The maximum atomic E-state index is 9.80. The van der Waals surface area contributed by atoms with Gasteiger partial charge in [-0.25, -0.2) is 0 Å². The zero-order valence-corrected chi connectivity index (χ0v) is 8.45. The summed E-state index contributed by atoms with van der Waals surface area (Å²) in [6.07, 6.45) is 0.962. The lowest BCUT2D eigenvalue weighted by molar-refractivity contribution is -0.162. The first-order valence-electron chi connectivity index (χ1n) is 4.91. The van der Waals surface area contributed by atoms with Gasteiger partial charge in [0.1, 0.15) is 0 Å². The smallest absolute Gasteiger partial charge is 0.0837 e. The fourth-order valence-corrected chi connectivity index (χ4v) is 1.89. The maximum Gasteiger partial charge on any atom is 0.0837 e. The third-order valence-corrected chi connectivity index (χ3v) is 3.28. The number of aliphatic hydroxyl groups is 1. The van der Waals surface area contributed by atoms with E-state index in [-0.39, 0.29) is 18.3 Å². The maximum absolute atomic E-state index is 9.80. The van der Waals surface area contributed by atoms with Gasteiger partial charge in [0.2, 0.25) is 0 Å². The Labute approximate surface area is 74.9 Å². The van der Waals surface area contributed by atoms with E-state index in [2.05, 4.69) is 27.7 Å². The molecule has 0 aromatic rings. The normalized spacial score (nSPS) is 49.2. The van der Waals surface area contributed by atoms with E-state index in [0.29, 0.717) is 11.8 Å². The summed E-state index contributed by atoms with van der Waals surface area (Å²) >= 11 is 0. The first-order chi connectivity index (χ1) is 5.57. The van der Waals surface area contributed by atoms with Crippen molar-refractivity contribution in [2.24, 2.45) is 11.8 Å². The average Bonchev–Trinajstić information content (AvgIpc) is 2.08. The van der Waals surface area contributed by atoms with Gasteiger partial charge in [-0.2, -0.15) is 0 Å². The van der Waals surface area contributed by atoms with Crippen molar-refractivity contribution in [3.63, 3.8) is 0 Å². The van der Waals surface area contributed by atoms with Crippen molar-refractivity contribution in [2.45, 2.75) is 52.4 Å². The molecule has 1 saturated heterocycles. The molecule has 0 spiro atoms. The molecular weight excluding hydrogens is 152 g/mol. The molecule has 0 radical (unpaired) electrons. The standard InChI is InChI=1S/C10H20O2/c1-5-9-10(11)7(3)6(2)8(4)12-9/h6-11H,5H2,1-4H3/t6-,7-,8+,9+,10+/m0/s1. The molecule has 1 heterocycles. The van der Waals surface area contributed by atoms with Crippen LogP contribution >= 0.6 is 0 Å². The fraction of sp³-hybridized carbons (Fsp3) is 1.00. The molecule has 0 bridgehead atoms. The summed E-state index contributed by atoms with van der Waals surface area (Å²) in [6.45, 7) is 8.40.